The van der Waals surface area contributed by atoms with Crippen molar-refractivity contribution in [2.24, 2.45) is 0 Å². The van der Waals surface area contributed by atoms with Crippen LogP contribution in [0.2, 0.25) is 0 Å². The molecule has 2 aromatic carbocycles. The van der Waals surface area contributed by atoms with Gasteiger partial charge in [-0.15, -0.1) is 5.10 Å². The number of carbonyl (C=O) groups excluding carboxylic acids is 1. The maximum Gasteiger partial charge on any atom is 0.278 e. The van der Waals surface area contributed by atoms with Gasteiger partial charge in [0.2, 0.25) is 10.0 Å². The van der Waals surface area contributed by atoms with Gasteiger partial charge in [0, 0.05) is 17.8 Å². The summed E-state index contributed by atoms with van der Waals surface area (Å²) in [4.78, 5) is 12.8. The number of amides is 1. The highest BCUT2D eigenvalue weighted by atomic mass is 32.2. The Morgan fingerprint density at radius 1 is 1.13 bits per heavy atom. The fraction of sp³-hybridized carbons (Fsp3) is 0.250. The Bertz CT molecular complexity index is 1210. The molecule has 1 aromatic heterocycles. The second kappa shape index (κ2) is 9.04. The van der Waals surface area contributed by atoms with E-state index < -0.39 is 15.9 Å². The molecule has 2 N–H and O–H groups in total. The molecule has 1 amide bonds. The number of benzene rings is 2. The summed E-state index contributed by atoms with van der Waals surface area (Å²) in [6, 6.07) is 11.8. The predicted octanol–water partition coefficient (Wildman–Crippen LogP) is 2.61. The highest BCUT2D eigenvalue weighted by Gasteiger charge is 2.19. The molecule has 31 heavy (non-hydrogen) atoms. The molecule has 0 saturated heterocycles. The van der Waals surface area contributed by atoms with Gasteiger partial charge in [-0.1, -0.05) is 11.3 Å². The van der Waals surface area contributed by atoms with Gasteiger partial charge in [-0.2, -0.15) is 0 Å². The van der Waals surface area contributed by atoms with E-state index in [1.54, 1.807) is 36.9 Å². The van der Waals surface area contributed by atoms with Crippen LogP contribution >= 0.6 is 0 Å². The van der Waals surface area contributed by atoms with E-state index in [9.17, 15) is 13.2 Å². The quantitative estimate of drug-likeness (QED) is 0.546. The van der Waals surface area contributed by atoms with Crippen LogP contribution in [0.4, 0.5) is 11.4 Å². The van der Waals surface area contributed by atoms with Crippen molar-refractivity contribution in [3.05, 3.63) is 53.9 Å². The molecule has 0 fully saturated rings. The van der Waals surface area contributed by atoms with Gasteiger partial charge in [-0.3, -0.25) is 9.52 Å². The molecule has 10 nitrogen and oxygen atoms in total. The average Bonchev–Trinajstić information content (AvgIpc) is 3.16. The van der Waals surface area contributed by atoms with Gasteiger partial charge in [0.05, 0.1) is 37.0 Å². The summed E-state index contributed by atoms with van der Waals surface area (Å²) >= 11 is 0. The third-order valence-corrected chi connectivity index (χ3v) is 5.80. The molecule has 3 aromatic rings. The van der Waals surface area contributed by atoms with Crippen molar-refractivity contribution in [1.29, 1.82) is 0 Å². The van der Waals surface area contributed by atoms with Gasteiger partial charge in [-0.25, -0.2) is 13.1 Å². The van der Waals surface area contributed by atoms with Crippen LogP contribution in [-0.2, 0) is 10.0 Å². The second-order valence-electron chi connectivity index (χ2n) is 6.51. The number of rotatable bonds is 8. The Labute approximate surface area is 180 Å². The van der Waals surface area contributed by atoms with Crippen LogP contribution in [0.3, 0.4) is 0 Å². The first-order valence-corrected chi connectivity index (χ1v) is 11.0. The Morgan fingerprint density at radius 3 is 2.58 bits per heavy atom. The molecule has 0 aliphatic carbocycles. The van der Waals surface area contributed by atoms with E-state index in [2.05, 4.69) is 20.4 Å². The summed E-state index contributed by atoms with van der Waals surface area (Å²) in [5, 5.41) is 10.8. The fourth-order valence-corrected chi connectivity index (χ4v) is 3.46. The SMILES string of the molecule is CCS(=O)(=O)Nc1ccc(NC(=O)c2nnn(-c3cccc(OC)c3)c2C)cc1OC. The number of hydrogen-bond acceptors (Lipinski definition) is 7. The van der Waals surface area contributed by atoms with Crippen molar-refractivity contribution in [3.63, 3.8) is 0 Å². The Morgan fingerprint density at radius 2 is 1.90 bits per heavy atom. The summed E-state index contributed by atoms with van der Waals surface area (Å²) < 4.78 is 38.1. The van der Waals surface area contributed by atoms with Crippen LogP contribution < -0.4 is 19.5 Å². The minimum Gasteiger partial charge on any atom is -0.497 e. The van der Waals surface area contributed by atoms with Gasteiger partial charge in [-0.05, 0) is 38.1 Å². The molecule has 0 atom stereocenters. The molecular weight excluding hydrogens is 422 g/mol. The smallest absolute Gasteiger partial charge is 0.278 e. The van der Waals surface area contributed by atoms with Gasteiger partial charge < -0.3 is 14.8 Å². The first kappa shape index (κ1) is 22.1. The molecular formula is C20H23N5O5S. The Balaban J connectivity index is 1.83. The maximum absolute atomic E-state index is 12.8. The molecule has 11 heteroatoms. The third kappa shape index (κ3) is 4.94. The summed E-state index contributed by atoms with van der Waals surface area (Å²) in [5.74, 6) is 0.392. The Kier molecular flexibility index (Phi) is 6.44. The number of ether oxygens (including phenoxy) is 2. The van der Waals surface area contributed by atoms with Gasteiger partial charge >= 0.3 is 0 Å². The zero-order valence-corrected chi connectivity index (χ0v) is 18.4. The molecule has 164 valence electrons. The summed E-state index contributed by atoms with van der Waals surface area (Å²) in [6.07, 6.45) is 0. The van der Waals surface area contributed by atoms with E-state index >= 15 is 0 Å². The normalized spacial score (nSPS) is 11.1. The van der Waals surface area contributed by atoms with E-state index in [4.69, 9.17) is 9.47 Å². The summed E-state index contributed by atoms with van der Waals surface area (Å²) in [6.45, 7) is 3.27. The van der Waals surface area contributed by atoms with Crippen LogP contribution in [-0.4, -0.2) is 49.3 Å². The van der Waals surface area contributed by atoms with E-state index in [0.29, 0.717) is 22.8 Å². The lowest BCUT2D eigenvalue weighted by molar-refractivity contribution is 0.102. The third-order valence-electron chi connectivity index (χ3n) is 4.51. The number of nitrogens with zero attached hydrogens (tertiary/aromatic N) is 3. The number of anilines is 2. The van der Waals surface area contributed by atoms with E-state index in [-0.39, 0.29) is 22.9 Å². The van der Waals surface area contributed by atoms with Crippen molar-refractivity contribution >= 4 is 27.3 Å². The van der Waals surface area contributed by atoms with Gasteiger partial charge in [0.25, 0.3) is 5.91 Å². The molecule has 0 bridgehead atoms. The number of aromatic nitrogens is 3. The van der Waals surface area contributed by atoms with Crippen molar-refractivity contribution in [2.45, 2.75) is 13.8 Å². The van der Waals surface area contributed by atoms with Crippen molar-refractivity contribution in [3.8, 4) is 17.2 Å². The van der Waals surface area contributed by atoms with Gasteiger partial charge in [0.1, 0.15) is 11.5 Å². The fourth-order valence-electron chi connectivity index (χ4n) is 2.81. The average molecular weight is 446 g/mol. The summed E-state index contributed by atoms with van der Waals surface area (Å²) in [7, 11) is -0.486. The van der Waals surface area contributed by atoms with E-state index in [1.807, 2.05) is 12.1 Å². The van der Waals surface area contributed by atoms with Crippen LogP contribution in [0.15, 0.2) is 42.5 Å². The first-order chi connectivity index (χ1) is 14.8. The Hall–Kier alpha value is -3.60. The molecule has 0 aliphatic heterocycles. The minimum atomic E-state index is -3.47. The number of nitrogens with one attached hydrogen (secondary N) is 2. The second-order valence-corrected chi connectivity index (χ2v) is 8.52. The highest BCUT2D eigenvalue weighted by molar-refractivity contribution is 7.92. The van der Waals surface area contributed by atoms with Crippen molar-refractivity contribution in [1.82, 2.24) is 15.0 Å². The highest BCUT2D eigenvalue weighted by Crippen LogP contribution is 2.29. The topological polar surface area (TPSA) is 124 Å². The van der Waals surface area contributed by atoms with Crippen molar-refractivity contribution < 1.29 is 22.7 Å². The first-order valence-electron chi connectivity index (χ1n) is 9.34. The van der Waals surface area contributed by atoms with Crippen LogP contribution in [0.25, 0.3) is 5.69 Å². The maximum atomic E-state index is 12.8. The molecule has 0 saturated carbocycles. The lowest BCUT2D eigenvalue weighted by atomic mass is 10.2. The molecule has 3 rings (SSSR count). The minimum absolute atomic E-state index is 0.0726. The zero-order valence-electron chi connectivity index (χ0n) is 17.5. The number of sulfonamides is 1. The number of methoxy groups -OCH3 is 2. The lowest BCUT2D eigenvalue weighted by Gasteiger charge is -2.13. The van der Waals surface area contributed by atoms with E-state index in [1.165, 1.54) is 26.2 Å². The molecule has 0 unspecified atom stereocenters. The van der Waals surface area contributed by atoms with Crippen LogP contribution in [0.5, 0.6) is 11.5 Å². The lowest BCUT2D eigenvalue weighted by Crippen LogP contribution is -2.16. The molecule has 1 heterocycles. The van der Waals surface area contributed by atoms with Crippen molar-refractivity contribution in [2.75, 3.05) is 30.0 Å². The largest absolute Gasteiger partial charge is 0.497 e. The van der Waals surface area contributed by atoms with Gasteiger partial charge in [0.15, 0.2) is 5.69 Å². The monoisotopic (exact) mass is 445 g/mol. The standard InChI is InChI=1S/C20H23N5O5S/c1-5-31(27,28)23-17-10-9-14(11-18(17)30-4)21-20(26)19-13(2)25(24-22-19)15-7-6-8-16(12-15)29-3/h6-12,23H,5H2,1-4H3,(H,21,26). The number of hydrogen-bond donors (Lipinski definition) is 2. The molecule has 0 spiro atoms. The molecule has 0 radical (unpaired) electrons. The number of carbonyl (C=O) groups is 1. The van der Waals surface area contributed by atoms with E-state index in [0.717, 1.165) is 0 Å². The predicted molar refractivity (Wildman–Crippen MR) is 117 cm³/mol. The van der Waals surface area contributed by atoms with Crippen LogP contribution in [0.1, 0.15) is 23.1 Å². The zero-order chi connectivity index (χ0) is 22.6. The van der Waals surface area contributed by atoms with Crippen LogP contribution in [0, 0.1) is 6.92 Å². The molecule has 0 aliphatic rings. The summed E-state index contributed by atoms with van der Waals surface area (Å²) in [5.41, 5.74) is 2.10.